The number of rotatable bonds is 5. The second kappa shape index (κ2) is 6.92. The molecule has 2 atom stereocenters. The first-order chi connectivity index (χ1) is 9.56. The van der Waals surface area contributed by atoms with E-state index in [9.17, 15) is 0 Å². The van der Waals surface area contributed by atoms with Crippen LogP contribution in [0.4, 0.5) is 0 Å². The molecular formula is C15H27ClN4. The molecule has 2 heterocycles. The van der Waals surface area contributed by atoms with Gasteiger partial charge in [0.15, 0.2) is 0 Å². The maximum atomic E-state index is 6.40. The third-order valence-electron chi connectivity index (χ3n) is 4.34. The summed E-state index contributed by atoms with van der Waals surface area (Å²) in [5.74, 6) is 0. The number of hydrogen-bond donors (Lipinski definition) is 1. The Morgan fingerprint density at radius 1 is 1.40 bits per heavy atom. The maximum Gasteiger partial charge on any atom is 0.0860 e. The Morgan fingerprint density at radius 2 is 2.15 bits per heavy atom. The molecule has 0 bridgehead atoms. The van der Waals surface area contributed by atoms with E-state index in [-0.39, 0.29) is 0 Å². The number of aryl methyl sites for hydroxylation is 2. The number of nitrogens with one attached hydrogen (secondary N) is 1. The van der Waals surface area contributed by atoms with E-state index in [1.165, 1.54) is 19.3 Å². The highest BCUT2D eigenvalue weighted by Crippen LogP contribution is 2.24. The highest BCUT2D eigenvalue weighted by atomic mass is 35.5. The summed E-state index contributed by atoms with van der Waals surface area (Å²) >= 11 is 6.40. The number of aromatic nitrogens is 2. The Morgan fingerprint density at radius 3 is 2.70 bits per heavy atom. The summed E-state index contributed by atoms with van der Waals surface area (Å²) in [5, 5.41) is 8.91. The minimum atomic E-state index is 0.594. The van der Waals surface area contributed by atoms with E-state index in [0.717, 1.165) is 36.0 Å². The van der Waals surface area contributed by atoms with Crippen LogP contribution in [-0.2, 0) is 13.6 Å². The molecule has 0 saturated carbocycles. The molecule has 1 aromatic rings. The minimum Gasteiger partial charge on any atom is -0.311 e. The molecule has 1 saturated heterocycles. The van der Waals surface area contributed by atoms with Crippen LogP contribution in [0.25, 0.3) is 0 Å². The Hall–Kier alpha value is -0.580. The highest BCUT2D eigenvalue weighted by molar-refractivity contribution is 6.31. The lowest BCUT2D eigenvalue weighted by molar-refractivity contribution is 0.111. The molecule has 114 valence electrons. The van der Waals surface area contributed by atoms with Crippen molar-refractivity contribution >= 4 is 11.6 Å². The third-order valence-corrected chi connectivity index (χ3v) is 4.83. The van der Waals surface area contributed by atoms with Crippen molar-refractivity contribution < 1.29 is 0 Å². The second-order valence-electron chi connectivity index (χ2n) is 5.86. The molecule has 0 spiro atoms. The van der Waals surface area contributed by atoms with E-state index >= 15 is 0 Å². The van der Waals surface area contributed by atoms with Crippen LogP contribution in [0.15, 0.2) is 0 Å². The first-order valence-corrected chi connectivity index (χ1v) is 8.10. The average molecular weight is 299 g/mol. The summed E-state index contributed by atoms with van der Waals surface area (Å²) in [6.45, 7) is 9.56. The van der Waals surface area contributed by atoms with Crippen molar-refractivity contribution in [3.8, 4) is 0 Å². The fourth-order valence-corrected chi connectivity index (χ4v) is 3.28. The highest BCUT2D eigenvalue weighted by Gasteiger charge is 2.28. The van der Waals surface area contributed by atoms with Crippen molar-refractivity contribution in [1.29, 1.82) is 0 Å². The van der Waals surface area contributed by atoms with Gasteiger partial charge in [-0.3, -0.25) is 9.58 Å². The van der Waals surface area contributed by atoms with Gasteiger partial charge in [0.2, 0.25) is 0 Å². The molecule has 2 unspecified atom stereocenters. The molecular weight excluding hydrogens is 272 g/mol. The van der Waals surface area contributed by atoms with Crippen molar-refractivity contribution in [2.24, 2.45) is 7.05 Å². The van der Waals surface area contributed by atoms with Crippen LogP contribution < -0.4 is 5.32 Å². The van der Waals surface area contributed by atoms with Crippen LogP contribution in [0.2, 0.25) is 5.02 Å². The Labute approximate surface area is 127 Å². The third kappa shape index (κ3) is 3.35. The lowest BCUT2D eigenvalue weighted by Crippen LogP contribution is -2.55. The molecule has 1 fully saturated rings. The van der Waals surface area contributed by atoms with Crippen LogP contribution in [0.5, 0.6) is 0 Å². The largest absolute Gasteiger partial charge is 0.311 e. The van der Waals surface area contributed by atoms with Crippen molar-refractivity contribution in [3.63, 3.8) is 0 Å². The van der Waals surface area contributed by atoms with Crippen LogP contribution in [0, 0.1) is 6.92 Å². The average Bonchev–Trinajstić information content (AvgIpc) is 2.67. The standard InChI is InChI=1S/C15H27ClN4/c1-5-7-13-8-17-12(6-2)9-20(13)10-14-15(16)11(3)18-19(14)4/h12-13,17H,5-10H2,1-4H3. The van der Waals surface area contributed by atoms with Crippen molar-refractivity contribution in [2.45, 2.75) is 58.7 Å². The van der Waals surface area contributed by atoms with Gasteiger partial charge in [0, 0.05) is 38.8 Å². The zero-order valence-electron chi connectivity index (χ0n) is 13.1. The quantitative estimate of drug-likeness (QED) is 0.907. The van der Waals surface area contributed by atoms with Gasteiger partial charge in [-0.15, -0.1) is 0 Å². The first kappa shape index (κ1) is 15.8. The summed E-state index contributed by atoms with van der Waals surface area (Å²) < 4.78 is 1.93. The summed E-state index contributed by atoms with van der Waals surface area (Å²) in [5.41, 5.74) is 2.07. The summed E-state index contributed by atoms with van der Waals surface area (Å²) in [4.78, 5) is 2.58. The van der Waals surface area contributed by atoms with Gasteiger partial charge in [0.25, 0.3) is 0 Å². The van der Waals surface area contributed by atoms with Crippen molar-refractivity contribution in [2.75, 3.05) is 13.1 Å². The van der Waals surface area contributed by atoms with Crippen LogP contribution in [0.3, 0.4) is 0 Å². The lowest BCUT2D eigenvalue weighted by Gasteiger charge is -2.40. The molecule has 0 aliphatic carbocycles. The molecule has 4 nitrogen and oxygen atoms in total. The monoisotopic (exact) mass is 298 g/mol. The molecule has 1 aliphatic heterocycles. The Bertz CT molecular complexity index is 443. The van der Waals surface area contributed by atoms with Gasteiger partial charge >= 0.3 is 0 Å². The lowest BCUT2D eigenvalue weighted by atomic mass is 10.0. The fraction of sp³-hybridized carbons (Fsp3) is 0.800. The molecule has 1 aromatic heterocycles. The van der Waals surface area contributed by atoms with Crippen LogP contribution in [0.1, 0.15) is 44.5 Å². The summed E-state index contributed by atoms with van der Waals surface area (Å²) in [6.07, 6.45) is 3.63. The normalized spacial score (nSPS) is 24.2. The van der Waals surface area contributed by atoms with E-state index < -0.39 is 0 Å². The molecule has 2 rings (SSSR count). The summed E-state index contributed by atoms with van der Waals surface area (Å²) in [6, 6.07) is 1.20. The number of halogens is 1. The molecule has 0 radical (unpaired) electrons. The van der Waals surface area contributed by atoms with Gasteiger partial charge in [-0.25, -0.2) is 0 Å². The first-order valence-electron chi connectivity index (χ1n) is 7.72. The number of hydrogen-bond acceptors (Lipinski definition) is 3. The van der Waals surface area contributed by atoms with Crippen LogP contribution >= 0.6 is 11.6 Å². The van der Waals surface area contributed by atoms with E-state index in [1.807, 2.05) is 18.7 Å². The minimum absolute atomic E-state index is 0.594. The molecule has 0 amide bonds. The van der Waals surface area contributed by atoms with E-state index in [1.54, 1.807) is 0 Å². The van der Waals surface area contributed by atoms with Gasteiger partial charge in [-0.2, -0.15) is 5.10 Å². The maximum absolute atomic E-state index is 6.40. The number of nitrogens with zero attached hydrogens (tertiary/aromatic N) is 3. The predicted octanol–water partition coefficient (Wildman–Crippen LogP) is 2.73. The SMILES string of the molecule is CCCC1CNC(CC)CN1Cc1c(Cl)c(C)nn1C. The summed E-state index contributed by atoms with van der Waals surface area (Å²) in [7, 11) is 1.99. The zero-order chi connectivity index (χ0) is 14.7. The van der Waals surface area contributed by atoms with E-state index in [2.05, 4.69) is 29.2 Å². The van der Waals surface area contributed by atoms with E-state index in [4.69, 9.17) is 11.6 Å². The van der Waals surface area contributed by atoms with Gasteiger partial charge in [0.1, 0.15) is 0 Å². The number of piperazine rings is 1. The zero-order valence-corrected chi connectivity index (χ0v) is 13.9. The van der Waals surface area contributed by atoms with Crippen molar-refractivity contribution in [3.05, 3.63) is 16.4 Å². The molecule has 20 heavy (non-hydrogen) atoms. The second-order valence-corrected chi connectivity index (χ2v) is 6.23. The van der Waals surface area contributed by atoms with Gasteiger partial charge in [-0.1, -0.05) is 31.9 Å². The van der Waals surface area contributed by atoms with Gasteiger partial charge < -0.3 is 5.32 Å². The smallest absolute Gasteiger partial charge is 0.0860 e. The Kier molecular flexibility index (Phi) is 5.47. The Balaban J connectivity index is 2.13. The molecule has 5 heteroatoms. The molecule has 0 aromatic carbocycles. The van der Waals surface area contributed by atoms with Gasteiger partial charge in [0.05, 0.1) is 16.4 Å². The van der Waals surface area contributed by atoms with Gasteiger partial charge in [-0.05, 0) is 19.8 Å². The predicted molar refractivity (Wildman–Crippen MR) is 84.1 cm³/mol. The fourth-order valence-electron chi connectivity index (χ4n) is 3.06. The van der Waals surface area contributed by atoms with Crippen molar-refractivity contribution in [1.82, 2.24) is 20.0 Å². The van der Waals surface area contributed by atoms with E-state index in [0.29, 0.717) is 12.1 Å². The topological polar surface area (TPSA) is 33.1 Å². The molecule has 1 aliphatic rings. The van der Waals surface area contributed by atoms with Crippen LogP contribution in [-0.4, -0.2) is 39.9 Å². The molecule has 1 N–H and O–H groups in total.